The number of benzene rings is 1. The predicted octanol–water partition coefficient (Wildman–Crippen LogP) is 1.89. The summed E-state index contributed by atoms with van der Waals surface area (Å²) >= 11 is 0. The largest absolute Gasteiger partial charge is 0.391 e. The van der Waals surface area contributed by atoms with Crippen molar-refractivity contribution in [2.75, 3.05) is 13.1 Å². The molecule has 25 heavy (non-hydrogen) atoms. The number of rotatable bonds is 3. The lowest BCUT2D eigenvalue weighted by Crippen LogP contribution is -2.48. The van der Waals surface area contributed by atoms with Crippen LogP contribution >= 0.6 is 0 Å². The van der Waals surface area contributed by atoms with Crippen molar-refractivity contribution in [3.05, 3.63) is 69.4 Å². The van der Waals surface area contributed by atoms with Crippen molar-refractivity contribution < 1.29 is 14.3 Å². The van der Waals surface area contributed by atoms with E-state index in [1.54, 1.807) is 19.1 Å². The van der Waals surface area contributed by atoms with Crippen molar-refractivity contribution in [1.82, 2.24) is 9.88 Å². The van der Waals surface area contributed by atoms with Crippen molar-refractivity contribution in [3.63, 3.8) is 0 Å². The van der Waals surface area contributed by atoms with E-state index in [4.69, 9.17) is 0 Å². The zero-order valence-electron chi connectivity index (χ0n) is 14.0. The minimum absolute atomic E-state index is 0.0397. The highest BCUT2D eigenvalue weighted by atomic mass is 19.1. The Morgan fingerprint density at radius 2 is 2.16 bits per heavy atom. The Labute approximate surface area is 145 Å². The second-order valence-electron chi connectivity index (χ2n) is 6.59. The molecule has 0 spiro atoms. The third-order valence-electron chi connectivity index (χ3n) is 4.68. The van der Waals surface area contributed by atoms with Crippen LogP contribution in [0.25, 0.3) is 0 Å². The Hall–Kier alpha value is -2.47. The number of carbonyl (C=O) groups excluding carboxylic acids is 1. The van der Waals surface area contributed by atoms with E-state index in [1.165, 1.54) is 23.1 Å². The molecule has 3 rings (SSSR count). The van der Waals surface area contributed by atoms with Crippen LogP contribution in [-0.4, -0.2) is 40.1 Å². The molecule has 1 aromatic carbocycles. The van der Waals surface area contributed by atoms with Crippen LogP contribution in [0.3, 0.4) is 0 Å². The van der Waals surface area contributed by atoms with Crippen LogP contribution in [0.15, 0.2) is 41.2 Å². The summed E-state index contributed by atoms with van der Waals surface area (Å²) in [5.74, 6) is -0.704. The van der Waals surface area contributed by atoms with Gasteiger partial charge in [-0.1, -0.05) is 12.1 Å². The van der Waals surface area contributed by atoms with Crippen LogP contribution in [-0.2, 0) is 6.42 Å². The highest BCUT2D eigenvalue weighted by Crippen LogP contribution is 2.23. The van der Waals surface area contributed by atoms with Gasteiger partial charge in [0.05, 0.1) is 6.10 Å². The zero-order valence-corrected chi connectivity index (χ0v) is 14.0. The molecule has 1 aliphatic heterocycles. The Balaban J connectivity index is 1.67. The molecule has 2 aromatic rings. The summed E-state index contributed by atoms with van der Waals surface area (Å²) in [6, 6.07) is 9.54. The quantitative estimate of drug-likeness (QED) is 0.893. The third-order valence-corrected chi connectivity index (χ3v) is 4.68. The second-order valence-corrected chi connectivity index (χ2v) is 6.59. The minimum atomic E-state index is -0.703. The van der Waals surface area contributed by atoms with Gasteiger partial charge in [-0.25, -0.2) is 4.39 Å². The van der Waals surface area contributed by atoms with Gasteiger partial charge in [0.2, 0.25) is 0 Å². The molecule has 2 atom stereocenters. The van der Waals surface area contributed by atoms with Crippen LogP contribution in [0.1, 0.15) is 28.0 Å². The Kier molecular flexibility index (Phi) is 4.99. The lowest BCUT2D eigenvalue weighted by molar-refractivity contribution is 0.0197. The molecule has 1 amide bonds. The summed E-state index contributed by atoms with van der Waals surface area (Å²) in [5.41, 5.74) is 1.19. The topological polar surface area (TPSA) is 73.4 Å². The second kappa shape index (κ2) is 7.19. The molecule has 1 fully saturated rings. The van der Waals surface area contributed by atoms with Crippen molar-refractivity contribution >= 4 is 5.91 Å². The number of piperidine rings is 1. The monoisotopic (exact) mass is 344 g/mol. The number of aromatic nitrogens is 1. The molecule has 0 unspecified atom stereocenters. The summed E-state index contributed by atoms with van der Waals surface area (Å²) in [6.45, 7) is 2.38. The average Bonchev–Trinajstić information content (AvgIpc) is 2.56. The van der Waals surface area contributed by atoms with E-state index in [2.05, 4.69) is 4.98 Å². The van der Waals surface area contributed by atoms with Crippen molar-refractivity contribution in [2.45, 2.75) is 25.9 Å². The highest BCUT2D eigenvalue weighted by molar-refractivity contribution is 5.93. The number of β-amino-alcohol motifs (C(OH)–C–C–N with tert-alkyl or cyclic N) is 1. The number of pyridine rings is 1. The maximum Gasteiger partial charge on any atom is 0.260 e. The molecule has 1 aliphatic rings. The summed E-state index contributed by atoms with van der Waals surface area (Å²) < 4.78 is 13.3. The number of aliphatic hydroxyl groups excluding tert-OH is 1. The molecule has 0 bridgehead atoms. The number of H-pyrrole nitrogens is 1. The normalized spacial score (nSPS) is 20.5. The third kappa shape index (κ3) is 3.96. The molecule has 0 aliphatic carbocycles. The number of aromatic amines is 1. The minimum Gasteiger partial charge on any atom is -0.391 e. The van der Waals surface area contributed by atoms with Gasteiger partial charge in [0.25, 0.3) is 11.5 Å². The van der Waals surface area contributed by atoms with E-state index in [9.17, 15) is 19.1 Å². The number of nitrogens with zero attached hydrogens (tertiary/aromatic N) is 1. The maximum absolute atomic E-state index is 13.3. The lowest BCUT2D eigenvalue weighted by Gasteiger charge is -2.36. The number of carbonyl (C=O) groups is 1. The van der Waals surface area contributed by atoms with Gasteiger partial charge in [0, 0.05) is 18.8 Å². The van der Waals surface area contributed by atoms with E-state index in [1.807, 2.05) is 6.07 Å². The van der Waals surface area contributed by atoms with E-state index in [0.717, 1.165) is 5.56 Å². The van der Waals surface area contributed by atoms with Gasteiger partial charge in [-0.3, -0.25) is 9.59 Å². The number of nitrogens with one attached hydrogen (secondary N) is 1. The van der Waals surface area contributed by atoms with Crippen molar-refractivity contribution in [1.29, 1.82) is 0 Å². The van der Waals surface area contributed by atoms with Crippen LogP contribution < -0.4 is 5.56 Å². The number of hydrogen-bond donors (Lipinski definition) is 2. The summed E-state index contributed by atoms with van der Waals surface area (Å²) in [6.07, 6.45) is 0.463. The molecular formula is C19H21FN2O3. The number of amides is 1. The van der Waals surface area contributed by atoms with E-state index < -0.39 is 11.7 Å². The van der Waals surface area contributed by atoms with Crippen LogP contribution in [0.2, 0.25) is 0 Å². The molecule has 1 aromatic heterocycles. The molecule has 1 saturated heterocycles. The van der Waals surface area contributed by atoms with Gasteiger partial charge in [-0.15, -0.1) is 0 Å². The van der Waals surface area contributed by atoms with Crippen LogP contribution in [0, 0.1) is 18.7 Å². The first-order chi connectivity index (χ1) is 11.9. The molecule has 2 N–H and O–H groups in total. The Morgan fingerprint density at radius 3 is 2.84 bits per heavy atom. The number of aryl methyl sites for hydroxylation is 1. The Morgan fingerprint density at radius 1 is 1.36 bits per heavy atom. The average molecular weight is 344 g/mol. The molecule has 2 heterocycles. The van der Waals surface area contributed by atoms with Gasteiger partial charge >= 0.3 is 0 Å². The number of likely N-dealkylation sites (tertiary alicyclic amines) is 1. The number of aliphatic hydroxyl groups is 1. The summed E-state index contributed by atoms with van der Waals surface area (Å²) in [5, 5.41) is 10.4. The first kappa shape index (κ1) is 17.4. The molecule has 0 saturated carbocycles. The van der Waals surface area contributed by atoms with Gasteiger partial charge in [0.1, 0.15) is 11.4 Å². The van der Waals surface area contributed by atoms with Crippen molar-refractivity contribution in [2.24, 2.45) is 5.92 Å². The first-order valence-electron chi connectivity index (χ1n) is 8.36. The number of hydrogen-bond acceptors (Lipinski definition) is 3. The van der Waals surface area contributed by atoms with Gasteiger partial charge in [0.15, 0.2) is 0 Å². The fourth-order valence-electron chi connectivity index (χ4n) is 3.28. The molecule has 5 nitrogen and oxygen atoms in total. The van der Waals surface area contributed by atoms with Gasteiger partial charge in [-0.2, -0.15) is 0 Å². The fraction of sp³-hybridized carbons (Fsp3) is 0.368. The Bertz CT molecular complexity index is 833. The van der Waals surface area contributed by atoms with E-state index >= 15 is 0 Å². The number of halogens is 1. The molecular weight excluding hydrogens is 323 g/mol. The fourth-order valence-corrected chi connectivity index (χ4v) is 3.28. The van der Waals surface area contributed by atoms with Crippen molar-refractivity contribution in [3.8, 4) is 0 Å². The van der Waals surface area contributed by atoms with E-state index in [0.29, 0.717) is 25.1 Å². The maximum atomic E-state index is 13.3. The summed E-state index contributed by atoms with van der Waals surface area (Å²) in [4.78, 5) is 28.6. The highest BCUT2D eigenvalue weighted by Gasteiger charge is 2.31. The first-order valence-corrected chi connectivity index (χ1v) is 8.36. The molecule has 0 radical (unpaired) electrons. The van der Waals surface area contributed by atoms with Crippen LogP contribution in [0.5, 0.6) is 0 Å². The van der Waals surface area contributed by atoms with Crippen LogP contribution in [0.4, 0.5) is 4.39 Å². The molecule has 6 heteroatoms. The smallest absolute Gasteiger partial charge is 0.260 e. The van der Waals surface area contributed by atoms with Gasteiger partial charge < -0.3 is 15.0 Å². The van der Waals surface area contributed by atoms with E-state index in [-0.39, 0.29) is 29.8 Å². The standard InChI is InChI=1S/C19H21FN2O3/c1-12-5-6-16(18(24)21-12)19(25)22-8-7-14(17(23)11-22)9-13-3-2-4-15(20)10-13/h2-6,10,14,17,23H,7-9,11H2,1H3,(H,21,24)/t14-,17-/m1/s1. The van der Waals surface area contributed by atoms with Gasteiger partial charge in [-0.05, 0) is 55.5 Å². The lowest BCUT2D eigenvalue weighted by atomic mass is 9.87. The SMILES string of the molecule is Cc1ccc(C(=O)N2CC[C@H](Cc3cccc(F)c3)[C@H](O)C2)c(=O)[nH]1. The predicted molar refractivity (Wildman–Crippen MR) is 91.9 cm³/mol. The molecule has 132 valence electrons. The summed E-state index contributed by atoms with van der Waals surface area (Å²) in [7, 11) is 0. The zero-order chi connectivity index (χ0) is 18.0.